The highest BCUT2D eigenvalue weighted by atomic mass is 16.6. The largest absolute Gasteiger partial charge is 0.497 e. The fraction of sp³-hybridized carbons (Fsp3) is 0.265. The second-order valence-corrected chi connectivity index (χ2v) is 28.4. The van der Waals surface area contributed by atoms with E-state index in [4.69, 9.17) is 150 Å². The molecule has 10 aromatic carbocycles. The number of ether oxygens (including phenoxy) is 27. The maximum absolute atomic E-state index is 13.5. The number of hydrogen-bond acceptors (Lipinski definition) is 37. The fourth-order valence-corrected chi connectivity index (χ4v) is 15.1. The smallest absolute Gasteiger partial charge is 0.239 e. The zero-order chi connectivity index (χ0) is 101. The summed E-state index contributed by atoms with van der Waals surface area (Å²) in [7, 11) is 40.0. The van der Waals surface area contributed by atoms with E-state index in [0.29, 0.717) is 125 Å². The molecule has 37 nitrogen and oxygen atoms in total. The van der Waals surface area contributed by atoms with Crippen molar-refractivity contribution in [2.24, 2.45) is 0 Å². The minimum absolute atomic E-state index is 0.0210. The average molecular weight is 1920 g/mol. The van der Waals surface area contributed by atoms with Gasteiger partial charge in [0.15, 0.2) is 119 Å². The van der Waals surface area contributed by atoms with E-state index in [1.54, 1.807) is 139 Å². The summed E-state index contributed by atoms with van der Waals surface area (Å²) in [6.45, 7) is 0. The lowest BCUT2D eigenvalue weighted by atomic mass is 10.1. The number of methoxy groups -OCH3 is 27. The molecule has 37 heteroatoms. The zero-order valence-corrected chi connectivity index (χ0v) is 81.4. The Balaban J connectivity index is 0.000000167. The van der Waals surface area contributed by atoms with Crippen LogP contribution in [-0.4, -0.2) is 192 Å². The molecule has 5 heterocycles. The first-order valence-electron chi connectivity index (χ1n) is 41.4. The van der Waals surface area contributed by atoms with Crippen molar-refractivity contribution < 1.29 is 150 Å². The van der Waals surface area contributed by atoms with Gasteiger partial charge in [-0.3, -0.25) is 24.0 Å². The van der Waals surface area contributed by atoms with Crippen LogP contribution in [0.4, 0.5) is 0 Å². The summed E-state index contributed by atoms with van der Waals surface area (Å²) < 4.78 is 175. The van der Waals surface area contributed by atoms with Crippen LogP contribution in [0.25, 0.3) is 111 Å². The van der Waals surface area contributed by atoms with Crippen LogP contribution in [0.1, 0.15) is 0 Å². The van der Waals surface area contributed by atoms with Crippen molar-refractivity contribution in [2.75, 3.05) is 192 Å². The van der Waals surface area contributed by atoms with Gasteiger partial charge in [0, 0.05) is 64.2 Å². The van der Waals surface area contributed by atoms with Crippen molar-refractivity contribution in [1.82, 2.24) is 0 Å². The van der Waals surface area contributed by atoms with E-state index in [0.717, 1.165) is 11.3 Å². The summed E-state index contributed by atoms with van der Waals surface area (Å²) in [6.07, 6.45) is 0. The fourth-order valence-electron chi connectivity index (χ4n) is 15.1. The van der Waals surface area contributed by atoms with E-state index in [2.05, 4.69) is 0 Å². The monoisotopic (exact) mass is 1920 g/mol. The van der Waals surface area contributed by atoms with Crippen molar-refractivity contribution in [3.05, 3.63) is 191 Å². The topological polar surface area (TPSA) is 400 Å². The van der Waals surface area contributed by atoms with Crippen LogP contribution in [0.15, 0.2) is 186 Å². The quantitative estimate of drug-likeness (QED) is 0.0378. The number of hydrogen-bond donors (Lipinski definition) is 0. The van der Waals surface area contributed by atoms with Gasteiger partial charge in [0.1, 0.15) is 72.6 Å². The van der Waals surface area contributed by atoms with Crippen LogP contribution < -0.4 is 155 Å². The lowest BCUT2D eigenvalue weighted by Crippen LogP contribution is -2.11. The van der Waals surface area contributed by atoms with E-state index < -0.39 is 5.43 Å². The zero-order valence-electron chi connectivity index (χ0n) is 81.4. The molecule has 139 heavy (non-hydrogen) atoms. The van der Waals surface area contributed by atoms with Crippen LogP contribution in [0.5, 0.6) is 155 Å². The second kappa shape index (κ2) is 46.2. The highest BCUT2D eigenvalue weighted by molar-refractivity contribution is 5.99. The summed E-state index contributed by atoms with van der Waals surface area (Å²) in [6, 6.07) is 38.8. The molecule has 5 aromatic heterocycles. The van der Waals surface area contributed by atoms with Crippen LogP contribution in [0.3, 0.4) is 0 Å². The highest BCUT2D eigenvalue weighted by Crippen LogP contribution is 2.56. The Labute approximate surface area is 795 Å². The molecular weight excluding hydrogens is 1820 g/mol. The minimum atomic E-state index is -0.468. The van der Waals surface area contributed by atoms with Crippen LogP contribution in [-0.2, 0) is 0 Å². The summed E-state index contributed by atoms with van der Waals surface area (Å²) >= 11 is 0. The predicted molar refractivity (Wildman–Crippen MR) is 517 cm³/mol. The molecular formula is C102H104O37. The molecule has 0 atom stereocenters. The van der Waals surface area contributed by atoms with Gasteiger partial charge >= 0.3 is 0 Å². The molecule has 0 aliphatic carbocycles. The lowest BCUT2D eigenvalue weighted by Gasteiger charge is -2.19. The SMILES string of the molecule is COc1ccc(-c2cc(=O)c3c(OC)c(OC)c(OC)c(OC)c3o2)cc1.COc1ccc(-c2cc(=O)c3c(OC)c(OC)c(OC)c(OC)c3o2)cc1OC.COc1ccc(-c2cc(=O)c3c(OC)c(OC)c(OC)cc3o2)cc1.COc1ccc(-c2cc(=O)c3c(OC)c(OC)c(OC)cc3o2)cc1OC.COc1ccc(-c2oc3c(OC)c(OC)c(OC)c(OC)c3c(=O)c2OC)cc1OC. The third kappa shape index (κ3) is 20.0. The molecule has 0 aliphatic rings. The van der Waals surface area contributed by atoms with E-state index in [9.17, 15) is 24.0 Å². The Hall–Kier alpha value is -17.2. The van der Waals surface area contributed by atoms with Crippen LogP contribution in [0, 0.1) is 0 Å². The van der Waals surface area contributed by atoms with Gasteiger partial charge in [-0.05, 0) is 103 Å². The molecule has 734 valence electrons. The van der Waals surface area contributed by atoms with Gasteiger partial charge in [-0.25, -0.2) is 0 Å². The van der Waals surface area contributed by atoms with Gasteiger partial charge in [-0.2, -0.15) is 0 Å². The molecule has 15 aromatic rings. The van der Waals surface area contributed by atoms with Gasteiger partial charge in [-0.1, -0.05) is 0 Å². The van der Waals surface area contributed by atoms with Gasteiger partial charge in [0.2, 0.25) is 74.4 Å². The Morgan fingerprint density at radius 2 is 0.403 bits per heavy atom. The molecule has 0 unspecified atom stereocenters. The summed E-state index contributed by atoms with van der Waals surface area (Å²) in [5.74, 6) is 11.0. The molecule has 0 bridgehead atoms. The maximum atomic E-state index is 13.5. The molecule has 15 rings (SSSR count). The first kappa shape index (κ1) is 102. The Bertz CT molecular complexity index is 7270. The lowest BCUT2D eigenvalue weighted by molar-refractivity contribution is 0.306. The second-order valence-electron chi connectivity index (χ2n) is 28.4. The molecule has 0 saturated carbocycles. The van der Waals surface area contributed by atoms with Crippen LogP contribution in [0.2, 0.25) is 0 Å². The Morgan fingerprint density at radius 3 is 0.698 bits per heavy atom. The van der Waals surface area contributed by atoms with Crippen molar-refractivity contribution >= 4 is 54.8 Å². The molecule has 0 N–H and O–H groups in total. The molecule has 0 spiro atoms. The van der Waals surface area contributed by atoms with Gasteiger partial charge in [0.05, 0.1) is 192 Å². The number of benzene rings is 10. The van der Waals surface area contributed by atoms with E-state index >= 15 is 0 Å². The third-order valence-electron chi connectivity index (χ3n) is 21.6. The number of rotatable bonds is 32. The predicted octanol–water partition coefficient (Wildman–Crippen LogP) is 17.5. The van der Waals surface area contributed by atoms with Crippen molar-refractivity contribution in [3.8, 4) is 212 Å². The van der Waals surface area contributed by atoms with E-state index in [-0.39, 0.29) is 152 Å². The third-order valence-corrected chi connectivity index (χ3v) is 21.6. The van der Waals surface area contributed by atoms with Gasteiger partial charge < -0.3 is 150 Å². The average Bonchev–Trinajstić information content (AvgIpc) is 0.732. The standard InChI is InChI=1S/C22H24O9.C21H22O8.2C20H20O7.C19H18O6/c1-24-12-9-8-11(10-13(12)25-2)16-19(27-4)15(23)14-17(26-3)20(28-5)22(30-7)21(29-6)18(14)31-16;1-23-13-8-7-11(9-15(13)24-2)14-10-12(22)16-17(25-3)19(26-4)21(28-6)20(27-5)18(16)29-14;1-22-12-8-6-11(7-9-12)14-10-13(21)15-16(23-2)18(24-3)20(26-5)19(25-4)17(15)27-14;1-22-13-7-6-11(8-15(13)23-2)14-9-12(21)18-16(27-14)10-17(24-3)19(25-4)20(18)26-5;1-21-12-7-5-11(6-8-12)14-9-13(20)17-15(25-14)10-16(22-2)18(23-3)19(17)24-4/h8-10H,1-7H3;7-10H,1-6H3;2*6-10H,1-5H3;5-10H,1-4H3. The Morgan fingerprint density at radius 1 is 0.165 bits per heavy atom. The van der Waals surface area contributed by atoms with Crippen LogP contribution >= 0.6 is 0 Å². The molecule has 0 radical (unpaired) electrons. The van der Waals surface area contributed by atoms with Crippen molar-refractivity contribution in [2.45, 2.75) is 0 Å². The maximum Gasteiger partial charge on any atom is 0.239 e. The molecule has 0 saturated heterocycles. The molecule has 0 aliphatic heterocycles. The van der Waals surface area contributed by atoms with Gasteiger partial charge in [-0.15, -0.1) is 0 Å². The van der Waals surface area contributed by atoms with Crippen molar-refractivity contribution in [3.63, 3.8) is 0 Å². The Kier molecular flexibility index (Phi) is 34.0. The molecule has 0 fully saturated rings. The minimum Gasteiger partial charge on any atom is -0.497 e. The van der Waals surface area contributed by atoms with Gasteiger partial charge in [0.25, 0.3) is 0 Å². The normalized spacial score (nSPS) is 10.6. The summed E-state index contributed by atoms with van der Waals surface area (Å²) in [5, 5.41) is 1.07. The summed E-state index contributed by atoms with van der Waals surface area (Å²) in [4.78, 5) is 64.9. The summed E-state index contributed by atoms with van der Waals surface area (Å²) in [5.41, 5.74) is 2.90. The number of fused-ring (bicyclic) bond motifs is 5. The highest BCUT2D eigenvalue weighted by Gasteiger charge is 2.34. The van der Waals surface area contributed by atoms with E-state index in [1.165, 1.54) is 181 Å². The molecule has 0 amide bonds. The van der Waals surface area contributed by atoms with E-state index in [1.807, 2.05) is 12.1 Å². The first-order chi connectivity index (χ1) is 67.3. The first-order valence-corrected chi connectivity index (χ1v) is 41.4. The van der Waals surface area contributed by atoms with Crippen molar-refractivity contribution in [1.29, 1.82) is 0 Å².